The maximum atomic E-state index is 2.52. The molecule has 0 heteroatoms. The minimum atomic E-state index is 0.864. The molecule has 0 aromatic rings. The molecule has 0 N–H and O–H groups in total. The zero-order chi connectivity index (χ0) is 7.56. The van der Waals surface area contributed by atoms with Gasteiger partial charge in [-0.25, -0.2) is 0 Å². The first-order valence-electron chi connectivity index (χ1n) is 4.53. The second kappa shape index (κ2) is 3.41. The van der Waals surface area contributed by atoms with Gasteiger partial charge in [0.2, 0.25) is 0 Å². The van der Waals surface area contributed by atoms with Crippen LogP contribution >= 0.6 is 0 Å². The highest BCUT2D eigenvalue weighted by atomic mass is 14.3. The fourth-order valence-electron chi connectivity index (χ4n) is 1.82. The van der Waals surface area contributed by atoms with Gasteiger partial charge in [-0.1, -0.05) is 27.2 Å². The molecule has 1 radical (unpaired) electrons. The Morgan fingerprint density at radius 2 is 2.10 bits per heavy atom. The number of rotatable bonds is 1. The Labute approximate surface area is 65.0 Å². The van der Waals surface area contributed by atoms with Gasteiger partial charge in [-0.3, -0.25) is 0 Å². The Balaban J connectivity index is 2.32. The molecule has 0 amide bonds. The molecular weight excluding hydrogens is 120 g/mol. The summed E-state index contributed by atoms with van der Waals surface area (Å²) >= 11 is 0. The van der Waals surface area contributed by atoms with E-state index in [9.17, 15) is 0 Å². The normalized spacial score (nSPS) is 34.8. The predicted octanol–water partition coefficient (Wildman–Crippen LogP) is 3.28. The van der Waals surface area contributed by atoms with Crippen molar-refractivity contribution >= 4 is 0 Å². The molecule has 0 bridgehead atoms. The maximum absolute atomic E-state index is 2.52. The molecule has 1 aliphatic carbocycles. The predicted molar refractivity (Wildman–Crippen MR) is 45.6 cm³/mol. The lowest BCUT2D eigenvalue weighted by atomic mass is 9.77. The zero-order valence-corrected chi connectivity index (χ0v) is 7.43. The summed E-state index contributed by atoms with van der Waals surface area (Å²) in [4.78, 5) is 0. The van der Waals surface area contributed by atoms with Crippen LogP contribution in [-0.2, 0) is 0 Å². The van der Waals surface area contributed by atoms with Crippen LogP contribution < -0.4 is 0 Å². The van der Waals surface area contributed by atoms with Crippen molar-refractivity contribution in [1.82, 2.24) is 0 Å². The zero-order valence-electron chi connectivity index (χ0n) is 7.43. The summed E-state index contributed by atoms with van der Waals surface area (Å²) in [5.74, 6) is 2.74. The van der Waals surface area contributed by atoms with Crippen LogP contribution in [0.3, 0.4) is 0 Å². The third-order valence-corrected chi connectivity index (χ3v) is 2.66. The third-order valence-electron chi connectivity index (χ3n) is 2.66. The average Bonchev–Trinajstić information content (AvgIpc) is 1.88. The van der Waals surface area contributed by atoms with Crippen LogP contribution in [0.15, 0.2) is 0 Å². The van der Waals surface area contributed by atoms with Crippen molar-refractivity contribution in [3.8, 4) is 0 Å². The lowest BCUT2D eigenvalue weighted by Gasteiger charge is -2.29. The van der Waals surface area contributed by atoms with Crippen molar-refractivity contribution in [3.05, 3.63) is 6.42 Å². The Morgan fingerprint density at radius 3 is 2.50 bits per heavy atom. The summed E-state index contributed by atoms with van der Waals surface area (Å²) in [6.07, 6.45) is 6.72. The Hall–Kier alpha value is 0. The quantitative estimate of drug-likeness (QED) is 0.523. The van der Waals surface area contributed by atoms with Gasteiger partial charge in [0.25, 0.3) is 0 Å². The Kier molecular flexibility index (Phi) is 2.76. The second-order valence-electron chi connectivity index (χ2n) is 4.06. The molecule has 1 aliphatic rings. The topological polar surface area (TPSA) is 0 Å². The third kappa shape index (κ3) is 2.00. The molecule has 1 rings (SSSR count). The van der Waals surface area contributed by atoms with E-state index in [0.29, 0.717) is 0 Å². The Morgan fingerprint density at radius 1 is 1.40 bits per heavy atom. The summed E-state index contributed by atoms with van der Waals surface area (Å²) < 4.78 is 0. The lowest BCUT2D eigenvalue weighted by molar-refractivity contribution is 0.286. The summed E-state index contributed by atoms with van der Waals surface area (Å²) in [5, 5.41) is 0. The summed E-state index contributed by atoms with van der Waals surface area (Å²) in [6, 6.07) is 0. The monoisotopic (exact) mass is 139 g/mol. The van der Waals surface area contributed by atoms with Crippen molar-refractivity contribution in [1.29, 1.82) is 0 Å². The van der Waals surface area contributed by atoms with Gasteiger partial charge >= 0.3 is 0 Å². The van der Waals surface area contributed by atoms with Crippen LogP contribution in [0, 0.1) is 24.2 Å². The van der Waals surface area contributed by atoms with Gasteiger partial charge in [0.1, 0.15) is 0 Å². The van der Waals surface area contributed by atoms with E-state index in [2.05, 4.69) is 27.2 Å². The van der Waals surface area contributed by atoms with E-state index < -0.39 is 0 Å². The fourth-order valence-corrected chi connectivity index (χ4v) is 1.82. The van der Waals surface area contributed by atoms with E-state index in [1.165, 1.54) is 19.3 Å². The average molecular weight is 139 g/mol. The molecule has 0 unspecified atom stereocenters. The first-order valence-corrected chi connectivity index (χ1v) is 4.53. The second-order valence-corrected chi connectivity index (χ2v) is 4.06. The highest BCUT2D eigenvalue weighted by Crippen LogP contribution is 2.32. The van der Waals surface area contributed by atoms with Crippen molar-refractivity contribution in [2.75, 3.05) is 0 Å². The highest BCUT2D eigenvalue weighted by Gasteiger charge is 2.20. The molecular formula is C10H19. The molecule has 0 aromatic heterocycles. The molecule has 10 heavy (non-hydrogen) atoms. The van der Waals surface area contributed by atoms with Gasteiger partial charge < -0.3 is 0 Å². The molecule has 0 saturated heterocycles. The van der Waals surface area contributed by atoms with E-state index in [4.69, 9.17) is 0 Å². The van der Waals surface area contributed by atoms with Crippen LogP contribution in [0.25, 0.3) is 0 Å². The van der Waals surface area contributed by atoms with Gasteiger partial charge in [0.15, 0.2) is 0 Å². The van der Waals surface area contributed by atoms with E-state index in [0.717, 1.165) is 17.8 Å². The summed E-state index contributed by atoms with van der Waals surface area (Å²) in [7, 11) is 0. The van der Waals surface area contributed by atoms with Crippen LogP contribution in [0.1, 0.15) is 40.0 Å². The van der Waals surface area contributed by atoms with E-state index >= 15 is 0 Å². The van der Waals surface area contributed by atoms with Crippen LogP contribution in [0.2, 0.25) is 0 Å². The van der Waals surface area contributed by atoms with Crippen molar-refractivity contribution in [2.24, 2.45) is 17.8 Å². The van der Waals surface area contributed by atoms with E-state index in [1.807, 2.05) is 0 Å². The van der Waals surface area contributed by atoms with Gasteiger partial charge in [-0.15, -0.1) is 0 Å². The largest absolute Gasteiger partial charge is 0.0625 e. The summed E-state index contributed by atoms with van der Waals surface area (Å²) in [6.45, 7) is 7.04. The van der Waals surface area contributed by atoms with Crippen LogP contribution in [-0.4, -0.2) is 0 Å². The molecule has 0 aromatic carbocycles. The Bertz CT molecular complexity index is 94.2. The first-order chi connectivity index (χ1) is 4.70. The van der Waals surface area contributed by atoms with Gasteiger partial charge in [0.05, 0.1) is 0 Å². The molecule has 59 valence electrons. The number of hydrogen-bond acceptors (Lipinski definition) is 0. The first kappa shape index (κ1) is 8.10. The van der Waals surface area contributed by atoms with Gasteiger partial charge in [-0.05, 0) is 37.0 Å². The minimum Gasteiger partial charge on any atom is -0.0625 e. The SMILES string of the molecule is CC(C)[C@H]1[CH]CC[C@H](C)C1. The number of hydrogen-bond donors (Lipinski definition) is 0. The van der Waals surface area contributed by atoms with E-state index in [1.54, 1.807) is 0 Å². The molecule has 1 saturated carbocycles. The standard InChI is InChI=1S/C10H19/c1-8(2)10-6-4-5-9(3)7-10/h6,8-10H,4-5,7H2,1-3H3/t9-,10-/m0/s1. The molecule has 1 fully saturated rings. The van der Waals surface area contributed by atoms with Crippen molar-refractivity contribution in [3.63, 3.8) is 0 Å². The highest BCUT2D eigenvalue weighted by molar-refractivity contribution is 4.85. The smallest absolute Gasteiger partial charge is 0.0352 e. The minimum absolute atomic E-state index is 0.864. The summed E-state index contributed by atoms with van der Waals surface area (Å²) in [5.41, 5.74) is 0. The lowest BCUT2D eigenvalue weighted by Crippen LogP contribution is -2.18. The van der Waals surface area contributed by atoms with Gasteiger partial charge in [-0.2, -0.15) is 0 Å². The molecule has 2 atom stereocenters. The van der Waals surface area contributed by atoms with Crippen LogP contribution in [0.5, 0.6) is 0 Å². The molecule has 0 nitrogen and oxygen atoms in total. The fraction of sp³-hybridized carbons (Fsp3) is 0.900. The molecule has 0 heterocycles. The van der Waals surface area contributed by atoms with Crippen LogP contribution in [0.4, 0.5) is 0 Å². The molecule has 0 spiro atoms. The van der Waals surface area contributed by atoms with E-state index in [-0.39, 0.29) is 0 Å². The van der Waals surface area contributed by atoms with Gasteiger partial charge in [0, 0.05) is 0 Å². The van der Waals surface area contributed by atoms with Crippen molar-refractivity contribution < 1.29 is 0 Å². The van der Waals surface area contributed by atoms with Crippen molar-refractivity contribution in [2.45, 2.75) is 40.0 Å². The molecule has 0 aliphatic heterocycles. The maximum Gasteiger partial charge on any atom is -0.0352 e.